The molecule has 0 amide bonds. The summed E-state index contributed by atoms with van der Waals surface area (Å²) in [4.78, 5) is 2.18. The third kappa shape index (κ3) is 4.42. The first kappa shape index (κ1) is 17.9. The molecule has 0 spiro atoms. The Morgan fingerprint density at radius 2 is 2.00 bits per heavy atom. The van der Waals surface area contributed by atoms with Crippen molar-refractivity contribution in [3.63, 3.8) is 0 Å². The Labute approximate surface area is 128 Å². The van der Waals surface area contributed by atoms with Crippen LogP contribution in [0.5, 0.6) is 5.75 Å². The second-order valence-electron chi connectivity index (χ2n) is 6.19. The molecule has 0 aliphatic heterocycles. The fourth-order valence-corrected chi connectivity index (χ4v) is 2.29. The topological polar surface area (TPSA) is 24.5 Å². The predicted octanol–water partition coefficient (Wildman–Crippen LogP) is 3.09. The molecule has 120 valence electrons. The van der Waals surface area contributed by atoms with Gasteiger partial charge in [-0.15, -0.1) is 0 Å². The van der Waals surface area contributed by atoms with Crippen LogP contribution in [-0.4, -0.2) is 44.2 Å². The van der Waals surface area contributed by atoms with Gasteiger partial charge in [0.1, 0.15) is 0 Å². The van der Waals surface area contributed by atoms with Gasteiger partial charge >= 0.3 is 0 Å². The maximum atomic E-state index is 14.4. The van der Waals surface area contributed by atoms with Gasteiger partial charge in [0, 0.05) is 11.6 Å². The molecule has 0 bridgehead atoms. The van der Waals surface area contributed by atoms with Crippen molar-refractivity contribution in [3.8, 4) is 5.75 Å². The number of rotatable bonds is 8. The molecule has 0 aliphatic rings. The van der Waals surface area contributed by atoms with Gasteiger partial charge in [-0.05, 0) is 59.0 Å². The molecule has 3 nitrogen and oxygen atoms in total. The average Bonchev–Trinajstić information content (AvgIpc) is 2.44. The SMILES string of the molecule is CCCNC(Cc1cccc(OC)c1F)C(C)(C)N(C)C. The Bertz CT molecular complexity index is 446. The molecule has 0 heterocycles. The number of halogens is 1. The lowest BCUT2D eigenvalue weighted by Crippen LogP contribution is -2.56. The summed E-state index contributed by atoms with van der Waals surface area (Å²) in [6.07, 6.45) is 1.69. The van der Waals surface area contributed by atoms with Gasteiger partial charge in [-0.3, -0.25) is 0 Å². The minimum absolute atomic E-state index is 0.0787. The van der Waals surface area contributed by atoms with E-state index in [2.05, 4.69) is 45.1 Å². The number of hydrogen-bond donors (Lipinski definition) is 1. The summed E-state index contributed by atoms with van der Waals surface area (Å²) >= 11 is 0. The first-order valence-corrected chi connectivity index (χ1v) is 7.56. The van der Waals surface area contributed by atoms with Crippen molar-refractivity contribution >= 4 is 0 Å². The van der Waals surface area contributed by atoms with Gasteiger partial charge in [0.2, 0.25) is 0 Å². The maximum absolute atomic E-state index is 14.4. The molecular weight excluding hydrogens is 267 g/mol. The number of hydrogen-bond acceptors (Lipinski definition) is 3. The minimum Gasteiger partial charge on any atom is -0.494 e. The van der Waals surface area contributed by atoms with E-state index in [4.69, 9.17) is 4.74 Å². The molecule has 0 aliphatic carbocycles. The van der Waals surface area contributed by atoms with E-state index in [0.717, 1.165) is 13.0 Å². The quantitative estimate of drug-likeness (QED) is 0.798. The smallest absolute Gasteiger partial charge is 0.168 e. The van der Waals surface area contributed by atoms with E-state index in [1.54, 1.807) is 6.07 Å². The average molecular weight is 296 g/mol. The first-order valence-electron chi connectivity index (χ1n) is 7.56. The van der Waals surface area contributed by atoms with Gasteiger partial charge in [-0.1, -0.05) is 19.1 Å². The van der Waals surface area contributed by atoms with E-state index in [0.29, 0.717) is 17.7 Å². The normalized spacial score (nSPS) is 13.5. The summed E-state index contributed by atoms with van der Waals surface area (Å²) in [5.74, 6) is 0.0576. The van der Waals surface area contributed by atoms with Crippen LogP contribution in [0.25, 0.3) is 0 Å². The van der Waals surface area contributed by atoms with Crippen LogP contribution in [0.3, 0.4) is 0 Å². The van der Waals surface area contributed by atoms with Gasteiger partial charge in [0.25, 0.3) is 0 Å². The van der Waals surface area contributed by atoms with E-state index >= 15 is 0 Å². The lowest BCUT2D eigenvalue weighted by molar-refractivity contribution is 0.136. The number of ether oxygens (including phenoxy) is 1. The zero-order valence-corrected chi connectivity index (χ0v) is 14.2. The standard InChI is InChI=1S/C17H29FN2O/c1-7-11-19-15(17(2,3)20(4)5)12-13-9-8-10-14(21-6)16(13)18/h8-10,15,19H,7,11-12H2,1-6H3. The second-order valence-corrected chi connectivity index (χ2v) is 6.19. The van der Waals surface area contributed by atoms with Crippen molar-refractivity contribution in [1.82, 2.24) is 10.2 Å². The van der Waals surface area contributed by atoms with Crippen LogP contribution in [0.15, 0.2) is 18.2 Å². The van der Waals surface area contributed by atoms with E-state index in [1.165, 1.54) is 7.11 Å². The molecule has 1 aromatic rings. The van der Waals surface area contributed by atoms with Crippen LogP contribution in [-0.2, 0) is 6.42 Å². The molecule has 1 rings (SSSR count). The molecule has 0 fully saturated rings. The second kappa shape index (κ2) is 7.76. The van der Waals surface area contributed by atoms with Crippen molar-refractivity contribution in [2.75, 3.05) is 27.7 Å². The molecule has 0 saturated heterocycles. The van der Waals surface area contributed by atoms with Crippen molar-refractivity contribution < 1.29 is 9.13 Å². The van der Waals surface area contributed by atoms with E-state index in [1.807, 2.05) is 12.1 Å². The molecule has 1 atom stereocenters. The van der Waals surface area contributed by atoms with Gasteiger partial charge in [0.15, 0.2) is 11.6 Å². The van der Waals surface area contributed by atoms with Crippen molar-refractivity contribution in [2.45, 2.75) is 45.2 Å². The maximum Gasteiger partial charge on any atom is 0.168 e. The number of likely N-dealkylation sites (N-methyl/N-ethyl adjacent to an activating group) is 1. The van der Waals surface area contributed by atoms with Crippen LogP contribution in [0.4, 0.5) is 4.39 Å². The lowest BCUT2D eigenvalue weighted by atomic mass is 9.87. The van der Waals surface area contributed by atoms with Crippen LogP contribution in [0.2, 0.25) is 0 Å². The monoisotopic (exact) mass is 296 g/mol. The summed E-state index contributed by atoms with van der Waals surface area (Å²) in [5.41, 5.74) is 0.614. The molecule has 0 saturated carbocycles. The predicted molar refractivity (Wildman–Crippen MR) is 86.5 cm³/mol. The van der Waals surface area contributed by atoms with Gasteiger partial charge in [0.05, 0.1) is 7.11 Å². The third-order valence-electron chi connectivity index (χ3n) is 4.33. The highest BCUT2D eigenvalue weighted by Crippen LogP contribution is 2.25. The fraction of sp³-hybridized carbons (Fsp3) is 0.647. The highest BCUT2D eigenvalue weighted by Gasteiger charge is 2.32. The largest absolute Gasteiger partial charge is 0.494 e. The number of nitrogens with one attached hydrogen (secondary N) is 1. The van der Waals surface area contributed by atoms with Crippen LogP contribution in [0, 0.1) is 5.82 Å². The van der Waals surface area contributed by atoms with E-state index < -0.39 is 0 Å². The third-order valence-corrected chi connectivity index (χ3v) is 4.33. The summed E-state index contributed by atoms with van der Waals surface area (Å²) in [6, 6.07) is 5.50. The molecular formula is C17H29FN2O. The van der Waals surface area contributed by atoms with Crippen molar-refractivity contribution in [3.05, 3.63) is 29.6 Å². The molecule has 0 radical (unpaired) electrons. The van der Waals surface area contributed by atoms with Crippen molar-refractivity contribution in [2.24, 2.45) is 0 Å². The zero-order valence-electron chi connectivity index (χ0n) is 14.2. The fourth-order valence-electron chi connectivity index (χ4n) is 2.29. The Hall–Kier alpha value is -1.13. The number of methoxy groups -OCH3 is 1. The minimum atomic E-state index is -0.252. The first-order chi connectivity index (χ1) is 9.84. The molecule has 21 heavy (non-hydrogen) atoms. The van der Waals surface area contributed by atoms with Crippen LogP contribution in [0.1, 0.15) is 32.8 Å². The zero-order chi connectivity index (χ0) is 16.0. The summed E-state index contributed by atoms with van der Waals surface area (Å²) < 4.78 is 19.5. The number of nitrogens with zero attached hydrogens (tertiary/aromatic N) is 1. The highest BCUT2D eigenvalue weighted by atomic mass is 19.1. The summed E-state index contributed by atoms with van der Waals surface area (Å²) in [7, 11) is 5.61. The van der Waals surface area contributed by atoms with Crippen LogP contribution >= 0.6 is 0 Å². The summed E-state index contributed by atoms with van der Waals surface area (Å²) in [5, 5.41) is 3.56. The summed E-state index contributed by atoms with van der Waals surface area (Å²) in [6.45, 7) is 7.42. The van der Waals surface area contributed by atoms with Gasteiger partial charge in [-0.2, -0.15) is 0 Å². The molecule has 1 N–H and O–H groups in total. The molecule has 4 heteroatoms. The van der Waals surface area contributed by atoms with E-state index in [-0.39, 0.29) is 17.4 Å². The number of benzene rings is 1. The molecule has 1 aromatic carbocycles. The Morgan fingerprint density at radius 1 is 1.33 bits per heavy atom. The molecule has 0 aromatic heterocycles. The Kier molecular flexibility index (Phi) is 6.62. The van der Waals surface area contributed by atoms with E-state index in [9.17, 15) is 4.39 Å². The Balaban J connectivity index is 3.01. The van der Waals surface area contributed by atoms with Crippen molar-refractivity contribution in [1.29, 1.82) is 0 Å². The van der Waals surface area contributed by atoms with Gasteiger partial charge in [-0.25, -0.2) is 4.39 Å². The lowest BCUT2D eigenvalue weighted by Gasteiger charge is -2.41. The molecule has 1 unspecified atom stereocenters. The Morgan fingerprint density at radius 3 is 2.52 bits per heavy atom. The van der Waals surface area contributed by atoms with Crippen LogP contribution < -0.4 is 10.1 Å². The van der Waals surface area contributed by atoms with Gasteiger partial charge < -0.3 is 15.0 Å². The highest BCUT2D eigenvalue weighted by molar-refractivity contribution is 5.32.